The Morgan fingerprint density at radius 3 is 2.79 bits per heavy atom. The summed E-state index contributed by atoms with van der Waals surface area (Å²) in [5, 5.41) is 0. The number of piperidine rings is 1. The van der Waals surface area contributed by atoms with Crippen molar-refractivity contribution in [1.82, 2.24) is 14.7 Å². The fraction of sp³-hybridized carbons (Fsp3) is 0.737. The molecule has 3 atom stereocenters. The third kappa shape index (κ3) is 3.24. The second-order valence-electron chi connectivity index (χ2n) is 7.75. The van der Waals surface area contributed by atoms with Crippen LogP contribution in [0.2, 0.25) is 0 Å². The lowest BCUT2D eigenvalue weighted by Gasteiger charge is -2.38. The average molecular weight is 331 g/mol. The molecule has 0 spiro atoms. The fourth-order valence-corrected chi connectivity index (χ4v) is 5.11. The van der Waals surface area contributed by atoms with E-state index < -0.39 is 0 Å². The molecule has 0 N–H and O–H groups in total. The van der Waals surface area contributed by atoms with Crippen molar-refractivity contribution in [3.8, 4) is 0 Å². The predicted molar refractivity (Wildman–Crippen MR) is 92.5 cm³/mol. The molecule has 0 saturated carbocycles. The van der Waals surface area contributed by atoms with Crippen molar-refractivity contribution in [2.24, 2.45) is 5.92 Å². The summed E-state index contributed by atoms with van der Waals surface area (Å²) in [6.45, 7) is 8.30. The van der Waals surface area contributed by atoms with Gasteiger partial charge in [-0.05, 0) is 56.8 Å². The molecule has 3 fully saturated rings. The third-order valence-corrected chi connectivity index (χ3v) is 6.09. The largest absolute Gasteiger partial charge is 0.468 e. The third-order valence-electron chi connectivity index (χ3n) is 6.09. The van der Waals surface area contributed by atoms with Gasteiger partial charge in [-0.15, -0.1) is 0 Å². The molecule has 1 unspecified atom stereocenters. The summed E-state index contributed by atoms with van der Waals surface area (Å²) in [4.78, 5) is 19.6. The van der Waals surface area contributed by atoms with Crippen LogP contribution in [0.1, 0.15) is 38.4 Å². The van der Waals surface area contributed by atoms with Crippen LogP contribution >= 0.6 is 0 Å². The molecule has 3 aliphatic heterocycles. The van der Waals surface area contributed by atoms with Gasteiger partial charge in [0.15, 0.2) is 0 Å². The summed E-state index contributed by atoms with van der Waals surface area (Å²) in [7, 11) is 0. The highest BCUT2D eigenvalue weighted by Gasteiger charge is 2.45. The van der Waals surface area contributed by atoms with Crippen molar-refractivity contribution < 1.29 is 9.21 Å². The summed E-state index contributed by atoms with van der Waals surface area (Å²) < 4.78 is 5.50. The number of carbonyl (C=O) groups excluding carboxylic acids is 1. The van der Waals surface area contributed by atoms with Crippen molar-refractivity contribution in [2.75, 3.05) is 32.7 Å². The SMILES string of the molecule is CC(=O)N1C(CN2CCCC2)C[C@@H]2CN(Cc3ccco3)CC[C@@H]21. The van der Waals surface area contributed by atoms with Crippen LogP contribution < -0.4 is 0 Å². The first kappa shape index (κ1) is 16.2. The Balaban J connectivity index is 1.41. The van der Waals surface area contributed by atoms with E-state index in [-0.39, 0.29) is 5.91 Å². The van der Waals surface area contributed by atoms with E-state index in [0.717, 1.165) is 44.8 Å². The second kappa shape index (κ2) is 6.89. The van der Waals surface area contributed by atoms with Crippen molar-refractivity contribution >= 4 is 5.91 Å². The zero-order chi connectivity index (χ0) is 16.5. The van der Waals surface area contributed by atoms with Gasteiger partial charge in [-0.25, -0.2) is 0 Å². The van der Waals surface area contributed by atoms with Gasteiger partial charge in [-0.3, -0.25) is 9.69 Å². The number of fused-ring (bicyclic) bond motifs is 1. The lowest BCUT2D eigenvalue weighted by molar-refractivity contribution is -0.133. The van der Waals surface area contributed by atoms with Crippen LogP contribution in [0.25, 0.3) is 0 Å². The highest BCUT2D eigenvalue weighted by molar-refractivity contribution is 5.74. The van der Waals surface area contributed by atoms with Gasteiger partial charge >= 0.3 is 0 Å². The molecular weight excluding hydrogens is 302 g/mol. The predicted octanol–water partition coefficient (Wildman–Crippen LogP) is 2.19. The van der Waals surface area contributed by atoms with Crippen LogP contribution in [0.4, 0.5) is 0 Å². The Labute approximate surface area is 144 Å². The van der Waals surface area contributed by atoms with Gasteiger partial charge in [0.05, 0.1) is 12.8 Å². The molecule has 4 rings (SSSR count). The number of rotatable bonds is 4. The Hall–Kier alpha value is -1.33. The van der Waals surface area contributed by atoms with Crippen LogP contribution in [0.3, 0.4) is 0 Å². The molecule has 132 valence electrons. The van der Waals surface area contributed by atoms with Crippen LogP contribution in [-0.2, 0) is 11.3 Å². The molecule has 0 bridgehead atoms. The zero-order valence-electron chi connectivity index (χ0n) is 14.7. The van der Waals surface area contributed by atoms with Crippen molar-refractivity contribution in [2.45, 2.75) is 51.2 Å². The molecule has 0 radical (unpaired) electrons. The van der Waals surface area contributed by atoms with E-state index in [1.807, 2.05) is 6.07 Å². The highest BCUT2D eigenvalue weighted by atomic mass is 16.3. The minimum atomic E-state index is 0.270. The minimum Gasteiger partial charge on any atom is -0.468 e. The van der Waals surface area contributed by atoms with Crippen LogP contribution in [-0.4, -0.2) is 65.4 Å². The maximum absolute atomic E-state index is 12.3. The number of carbonyl (C=O) groups is 1. The smallest absolute Gasteiger partial charge is 0.219 e. The topological polar surface area (TPSA) is 39.9 Å². The Bertz CT molecular complexity index is 553. The van der Waals surface area contributed by atoms with Gasteiger partial charge in [0.1, 0.15) is 5.76 Å². The molecule has 3 aliphatic rings. The van der Waals surface area contributed by atoms with Gasteiger partial charge in [0.2, 0.25) is 5.91 Å². The van der Waals surface area contributed by atoms with Gasteiger partial charge in [0.25, 0.3) is 0 Å². The molecule has 1 aromatic rings. The summed E-state index contributed by atoms with van der Waals surface area (Å²) in [6, 6.07) is 4.88. The maximum atomic E-state index is 12.3. The molecule has 1 aromatic heterocycles. The molecule has 5 heteroatoms. The molecule has 5 nitrogen and oxygen atoms in total. The lowest BCUT2D eigenvalue weighted by atomic mass is 9.92. The first-order chi connectivity index (χ1) is 11.7. The normalized spacial score (nSPS) is 31.5. The van der Waals surface area contributed by atoms with Crippen molar-refractivity contribution in [3.05, 3.63) is 24.2 Å². The number of likely N-dealkylation sites (tertiary alicyclic amines) is 3. The molecule has 0 aliphatic carbocycles. The van der Waals surface area contributed by atoms with Crippen LogP contribution in [0.15, 0.2) is 22.8 Å². The van der Waals surface area contributed by atoms with E-state index in [2.05, 4.69) is 20.8 Å². The second-order valence-corrected chi connectivity index (χ2v) is 7.75. The van der Waals surface area contributed by atoms with Gasteiger partial charge in [0, 0.05) is 38.6 Å². The highest BCUT2D eigenvalue weighted by Crippen LogP contribution is 2.36. The first-order valence-electron chi connectivity index (χ1n) is 9.46. The van der Waals surface area contributed by atoms with E-state index in [9.17, 15) is 4.79 Å². The average Bonchev–Trinajstić information content (AvgIpc) is 3.27. The Morgan fingerprint density at radius 1 is 1.25 bits per heavy atom. The number of hydrogen-bond acceptors (Lipinski definition) is 4. The zero-order valence-corrected chi connectivity index (χ0v) is 14.7. The van der Waals surface area contributed by atoms with E-state index in [1.54, 1.807) is 13.2 Å². The number of nitrogens with zero attached hydrogens (tertiary/aromatic N) is 3. The minimum absolute atomic E-state index is 0.270. The van der Waals surface area contributed by atoms with Gasteiger partial charge in [-0.2, -0.15) is 0 Å². The summed E-state index contributed by atoms with van der Waals surface area (Å²) in [5.41, 5.74) is 0. The van der Waals surface area contributed by atoms with Crippen LogP contribution in [0, 0.1) is 5.92 Å². The number of amides is 1. The molecule has 4 heterocycles. The Morgan fingerprint density at radius 2 is 2.08 bits per heavy atom. The van der Waals surface area contributed by atoms with E-state index in [4.69, 9.17) is 4.42 Å². The summed E-state index contributed by atoms with van der Waals surface area (Å²) in [6.07, 6.45) is 6.64. The summed E-state index contributed by atoms with van der Waals surface area (Å²) in [5.74, 6) is 1.93. The van der Waals surface area contributed by atoms with Crippen LogP contribution in [0.5, 0.6) is 0 Å². The quantitative estimate of drug-likeness (QED) is 0.848. The summed E-state index contributed by atoms with van der Waals surface area (Å²) >= 11 is 0. The number of furan rings is 1. The standard InChI is InChI=1S/C19H29N3O2/c1-15(23)22-17(13-20-7-2-3-8-20)11-16-12-21(9-6-19(16)22)14-18-5-4-10-24-18/h4-5,10,16-17,19H,2-3,6-9,11-14H2,1H3/t16-,17?,19+/m1/s1. The molecule has 24 heavy (non-hydrogen) atoms. The van der Waals surface area contributed by atoms with Crippen molar-refractivity contribution in [3.63, 3.8) is 0 Å². The maximum Gasteiger partial charge on any atom is 0.219 e. The molecule has 3 saturated heterocycles. The number of hydrogen-bond donors (Lipinski definition) is 0. The molecule has 1 amide bonds. The van der Waals surface area contributed by atoms with E-state index in [1.165, 1.54) is 25.9 Å². The van der Waals surface area contributed by atoms with Gasteiger partial charge < -0.3 is 14.2 Å². The Kier molecular flexibility index (Phi) is 4.63. The van der Waals surface area contributed by atoms with Gasteiger partial charge in [-0.1, -0.05) is 0 Å². The fourth-order valence-electron chi connectivity index (χ4n) is 5.11. The monoisotopic (exact) mass is 331 g/mol. The lowest BCUT2D eigenvalue weighted by Crippen LogP contribution is -2.49. The van der Waals surface area contributed by atoms with E-state index >= 15 is 0 Å². The molecular formula is C19H29N3O2. The molecule has 0 aromatic carbocycles. The van der Waals surface area contributed by atoms with E-state index in [0.29, 0.717) is 18.0 Å². The first-order valence-corrected chi connectivity index (χ1v) is 9.46. The van der Waals surface area contributed by atoms with Crippen molar-refractivity contribution in [1.29, 1.82) is 0 Å².